The molecule has 3 rings (SSSR count). The summed E-state index contributed by atoms with van der Waals surface area (Å²) in [6.45, 7) is 8.74. The summed E-state index contributed by atoms with van der Waals surface area (Å²) in [5.41, 5.74) is 5.18. The molecule has 0 saturated carbocycles. The fourth-order valence-electron chi connectivity index (χ4n) is 3.85. The Hall–Kier alpha value is -1.87. The second-order valence-corrected chi connectivity index (χ2v) is 7.69. The highest BCUT2D eigenvalue weighted by molar-refractivity contribution is 6.35. The molecule has 3 nitrogen and oxygen atoms in total. The molecule has 0 fully saturated rings. The lowest BCUT2D eigenvalue weighted by atomic mass is 9.79. The molecule has 0 saturated heterocycles. The topological polar surface area (TPSA) is 41.5 Å². The van der Waals surface area contributed by atoms with Gasteiger partial charge in [-0.05, 0) is 56.4 Å². The zero-order chi connectivity index (χ0) is 17.6. The summed E-state index contributed by atoms with van der Waals surface area (Å²) in [7, 11) is 1.56. The quantitative estimate of drug-likeness (QED) is 0.730. The van der Waals surface area contributed by atoms with Crippen LogP contribution in [0.5, 0.6) is 11.5 Å². The van der Waals surface area contributed by atoms with Crippen LogP contribution in [0.15, 0.2) is 24.3 Å². The number of halogens is 1. The molecule has 1 aliphatic heterocycles. The Morgan fingerprint density at radius 3 is 2.67 bits per heavy atom. The lowest BCUT2D eigenvalue weighted by Crippen LogP contribution is -2.37. The minimum absolute atomic E-state index is 0.0464. The van der Waals surface area contributed by atoms with Gasteiger partial charge in [-0.25, -0.2) is 0 Å². The number of aromatic hydroxyl groups is 1. The molecule has 24 heavy (non-hydrogen) atoms. The number of benzene rings is 2. The van der Waals surface area contributed by atoms with Crippen molar-refractivity contribution in [1.82, 2.24) is 0 Å². The SMILES string of the molecule is COc1c(O)cccc1-c1cc(C)c2c(c1Cl)C(C)CC(C)(C)N2. The third kappa shape index (κ3) is 2.71. The van der Waals surface area contributed by atoms with Crippen molar-refractivity contribution in [2.75, 3.05) is 12.4 Å². The lowest BCUT2D eigenvalue weighted by Gasteiger charge is -2.39. The monoisotopic (exact) mass is 345 g/mol. The van der Waals surface area contributed by atoms with Gasteiger partial charge in [0.2, 0.25) is 0 Å². The van der Waals surface area contributed by atoms with Crippen molar-refractivity contribution in [1.29, 1.82) is 0 Å². The van der Waals surface area contributed by atoms with E-state index < -0.39 is 0 Å². The van der Waals surface area contributed by atoms with Crippen LogP contribution in [0.2, 0.25) is 5.02 Å². The second kappa shape index (κ2) is 5.89. The van der Waals surface area contributed by atoms with Crippen molar-refractivity contribution >= 4 is 17.3 Å². The maximum atomic E-state index is 10.1. The van der Waals surface area contributed by atoms with Gasteiger partial charge >= 0.3 is 0 Å². The largest absolute Gasteiger partial charge is 0.504 e. The number of hydrogen-bond donors (Lipinski definition) is 2. The van der Waals surface area contributed by atoms with Crippen LogP contribution in [0.1, 0.15) is 44.2 Å². The van der Waals surface area contributed by atoms with Gasteiger partial charge < -0.3 is 15.2 Å². The Bertz CT molecular complexity index is 799. The van der Waals surface area contributed by atoms with Gasteiger partial charge in [0.1, 0.15) is 0 Å². The number of rotatable bonds is 2. The zero-order valence-electron chi connectivity index (χ0n) is 14.8. The minimum atomic E-state index is 0.0464. The first-order valence-electron chi connectivity index (χ1n) is 8.22. The Balaban J connectivity index is 2.26. The highest BCUT2D eigenvalue weighted by Gasteiger charge is 2.33. The molecule has 0 aromatic heterocycles. The number of fused-ring (bicyclic) bond motifs is 1. The van der Waals surface area contributed by atoms with Crippen molar-refractivity contribution in [3.8, 4) is 22.6 Å². The van der Waals surface area contributed by atoms with Crippen LogP contribution in [0.3, 0.4) is 0 Å². The minimum Gasteiger partial charge on any atom is -0.504 e. The number of phenols is 1. The van der Waals surface area contributed by atoms with Gasteiger partial charge in [0.25, 0.3) is 0 Å². The fraction of sp³-hybridized carbons (Fsp3) is 0.400. The summed E-state index contributed by atoms with van der Waals surface area (Å²) in [6, 6.07) is 7.42. The van der Waals surface area contributed by atoms with Gasteiger partial charge in [-0.2, -0.15) is 0 Å². The van der Waals surface area contributed by atoms with Gasteiger partial charge in [0, 0.05) is 22.4 Å². The smallest absolute Gasteiger partial charge is 0.168 e. The summed E-state index contributed by atoms with van der Waals surface area (Å²) < 4.78 is 5.41. The summed E-state index contributed by atoms with van der Waals surface area (Å²) in [4.78, 5) is 0. The molecule has 2 aromatic carbocycles. The second-order valence-electron chi connectivity index (χ2n) is 7.32. The first kappa shape index (κ1) is 17.0. The van der Waals surface area contributed by atoms with Gasteiger partial charge in [-0.1, -0.05) is 30.7 Å². The number of para-hydroxylation sites is 1. The Morgan fingerprint density at radius 2 is 2.00 bits per heavy atom. The Labute approximate surface area is 148 Å². The van der Waals surface area contributed by atoms with Crippen molar-refractivity contribution in [2.45, 2.75) is 45.6 Å². The normalized spacial score (nSPS) is 18.7. The van der Waals surface area contributed by atoms with Crippen LogP contribution in [0.25, 0.3) is 11.1 Å². The van der Waals surface area contributed by atoms with Gasteiger partial charge in [-0.15, -0.1) is 0 Å². The lowest BCUT2D eigenvalue weighted by molar-refractivity contribution is 0.375. The van der Waals surface area contributed by atoms with E-state index in [-0.39, 0.29) is 11.3 Å². The van der Waals surface area contributed by atoms with E-state index in [2.05, 4.69) is 39.1 Å². The molecule has 0 aliphatic carbocycles. The van der Waals surface area contributed by atoms with Crippen molar-refractivity contribution in [3.63, 3.8) is 0 Å². The molecule has 4 heteroatoms. The summed E-state index contributed by atoms with van der Waals surface area (Å²) in [5, 5.41) is 14.5. The van der Waals surface area contributed by atoms with Crippen LogP contribution in [0.4, 0.5) is 5.69 Å². The van der Waals surface area contributed by atoms with Crippen molar-refractivity contribution in [3.05, 3.63) is 40.4 Å². The van der Waals surface area contributed by atoms with Crippen LogP contribution >= 0.6 is 11.6 Å². The van der Waals surface area contributed by atoms with Crippen LogP contribution < -0.4 is 10.1 Å². The highest BCUT2D eigenvalue weighted by atomic mass is 35.5. The van der Waals surface area contributed by atoms with E-state index in [1.165, 1.54) is 0 Å². The molecule has 0 spiro atoms. The van der Waals surface area contributed by atoms with E-state index >= 15 is 0 Å². The van der Waals surface area contributed by atoms with Gasteiger partial charge in [-0.3, -0.25) is 0 Å². The maximum absolute atomic E-state index is 10.1. The molecular formula is C20H24ClNO2. The molecule has 0 bridgehead atoms. The number of nitrogens with one attached hydrogen (secondary N) is 1. The summed E-state index contributed by atoms with van der Waals surface area (Å²) in [5.74, 6) is 0.926. The van der Waals surface area contributed by atoms with E-state index in [0.29, 0.717) is 11.7 Å². The number of methoxy groups -OCH3 is 1. The Morgan fingerprint density at radius 1 is 1.29 bits per heavy atom. The molecule has 2 aromatic rings. The van der Waals surface area contributed by atoms with E-state index in [1.54, 1.807) is 13.2 Å². The average molecular weight is 346 g/mol. The third-order valence-electron chi connectivity index (χ3n) is 4.76. The maximum Gasteiger partial charge on any atom is 0.168 e. The molecular weight excluding hydrogens is 322 g/mol. The molecule has 0 amide bonds. The van der Waals surface area contributed by atoms with Crippen LogP contribution in [0, 0.1) is 6.92 Å². The molecule has 1 atom stereocenters. The van der Waals surface area contributed by atoms with Gasteiger partial charge in [0.05, 0.1) is 12.1 Å². The average Bonchev–Trinajstić information content (AvgIpc) is 2.49. The highest BCUT2D eigenvalue weighted by Crippen LogP contribution is 2.49. The van der Waals surface area contributed by atoms with Crippen LogP contribution in [-0.2, 0) is 0 Å². The molecule has 1 aliphatic rings. The fourth-order valence-corrected chi connectivity index (χ4v) is 4.29. The van der Waals surface area contributed by atoms with Gasteiger partial charge in [0.15, 0.2) is 11.5 Å². The predicted molar refractivity (Wildman–Crippen MR) is 101 cm³/mol. The first-order valence-corrected chi connectivity index (χ1v) is 8.60. The number of hydrogen-bond acceptors (Lipinski definition) is 3. The molecule has 0 radical (unpaired) electrons. The first-order chi connectivity index (χ1) is 11.2. The van der Waals surface area contributed by atoms with E-state index in [9.17, 15) is 5.11 Å². The van der Waals surface area contributed by atoms with Crippen molar-refractivity contribution in [2.24, 2.45) is 0 Å². The molecule has 2 N–H and O–H groups in total. The number of anilines is 1. The molecule has 128 valence electrons. The predicted octanol–water partition coefficient (Wildman–Crippen LogP) is 5.73. The van der Waals surface area contributed by atoms with E-state index in [1.807, 2.05) is 12.1 Å². The van der Waals surface area contributed by atoms with Crippen molar-refractivity contribution < 1.29 is 9.84 Å². The number of phenolic OH excluding ortho intramolecular Hbond substituents is 1. The number of ether oxygens (including phenoxy) is 1. The molecule has 1 heterocycles. The zero-order valence-corrected chi connectivity index (χ0v) is 15.6. The summed E-state index contributed by atoms with van der Waals surface area (Å²) >= 11 is 6.83. The molecule has 1 unspecified atom stereocenters. The third-order valence-corrected chi connectivity index (χ3v) is 5.17. The van der Waals surface area contributed by atoms with E-state index in [4.69, 9.17) is 16.3 Å². The standard InChI is InChI=1S/C20H24ClNO2/c1-11-9-14(13-7-6-8-15(23)19(13)24-5)17(21)16-12(2)10-20(3,4)22-18(11)16/h6-9,12,22-23H,10H2,1-5H3. The summed E-state index contributed by atoms with van der Waals surface area (Å²) in [6.07, 6.45) is 1.01. The Kier molecular flexibility index (Phi) is 4.16. The number of aryl methyl sites for hydroxylation is 1. The van der Waals surface area contributed by atoms with E-state index in [0.717, 1.165) is 39.4 Å². The van der Waals surface area contributed by atoms with Crippen LogP contribution in [-0.4, -0.2) is 17.8 Å².